The van der Waals surface area contributed by atoms with Crippen molar-refractivity contribution in [2.24, 2.45) is 0 Å². The van der Waals surface area contributed by atoms with Crippen molar-refractivity contribution in [2.75, 3.05) is 18.1 Å². The van der Waals surface area contributed by atoms with Gasteiger partial charge in [-0.15, -0.1) is 0 Å². The molecule has 2 rings (SSSR count). The summed E-state index contributed by atoms with van der Waals surface area (Å²) in [5, 5.41) is 0. The smallest absolute Gasteiger partial charge is 0.338 e. The van der Waals surface area contributed by atoms with Crippen molar-refractivity contribution >= 4 is 49.4 Å². The maximum Gasteiger partial charge on any atom is 0.338 e. The summed E-state index contributed by atoms with van der Waals surface area (Å²) >= 11 is 6.85. The van der Waals surface area contributed by atoms with E-state index in [4.69, 9.17) is 4.74 Å². The minimum absolute atomic E-state index is 0.0754. The van der Waals surface area contributed by atoms with Gasteiger partial charge in [-0.25, -0.2) is 4.79 Å². The quantitative estimate of drug-likeness (QED) is 0.588. The van der Waals surface area contributed by atoms with Gasteiger partial charge in [0.2, 0.25) is 5.91 Å². The number of hydrogen-bond donors (Lipinski definition) is 0. The van der Waals surface area contributed by atoms with Gasteiger partial charge in [0.25, 0.3) is 0 Å². The number of hydrogen-bond acceptors (Lipinski definition) is 3. The first-order valence-electron chi connectivity index (χ1n) is 5.94. The molecule has 1 unspecified atom stereocenters. The van der Waals surface area contributed by atoms with E-state index in [-0.39, 0.29) is 16.7 Å². The van der Waals surface area contributed by atoms with Gasteiger partial charge in [-0.3, -0.25) is 4.79 Å². The number of alkyl halides is 1. The summed E-state index contributed by atoms with van der Waals surface area (Å²) in [6.07, 6.45) is 0.492. The van der Waals surface area contributed by atoms with E-state index in [1.807, 2.05) is 0 Å². The topological polar surface area (TPSA) is 46.6 Å². The Labute approximate surface area is 128 Å². The van der Waals surface area contributed by atoms with Gasteiger partial charge in [0.05, 0.1) is 17.9 Å². The Hall–Kier alpha value is -0.880. The molecule has 0 bridgehead atoms. The Kier molecular flexibility index (Phi) is 4.62. The van der Waals surface area contributed by atoms with Crippen LogP contribution in [0, 0.1) is 0 Å². The fourth-order valence-corrected chi connectivity index (χ4v) is 3.12. The molecule has 1 aromatic rings. The third kappa shape index (κ3) is 3.17. The second-order valence-corrected chi connectivity index (χ2v) is 6.34. The fourth-order valence-electron chi connectivity index (χ4n) is 1.96. The van der Waals surface area contributed by atoms with Crippen molar-refractivity contribution in [2.45, 2.75) is 18.2 Å². The van der Waals surface area contributed by atoms with Crippen LogP contribution in [0.1, 0.15) is 23.7 Å². The summed E-state index contributed by atoms with van der Waals surface area (Å²) in [5.41, 5.74) is 1.25. The van der Waals surface area contributed by atoms with Gasteiger partial charge in [0, 0.05) is 22.3 Å². The molecule has 0 aliphatic carbocycles. The van der Waals surface area contributed by atoms with Crippen molar-refractivity contribution in [3.8, 4) is 0 Å². The number of amides is 1. The third-order valence-corrected chi connectivity index (χ3v) is 4.08. The number of carbonyl (C=O) groups is 2. The predicted molar refractivity (Wildman–Crippen MR) is 79.8 cm³/mol. The van der Waals surface area contributed by atoms with E-state index < -0.39 is 0 Å². The van der Waals surface area contributed by atoms with Crippen LogP contribution in [0.5, 0.6) is 0 Å². The van der Waals surface area contributed by atoms with Gasteiger partial charge >= 0.3 is 5.97 Å². The molecule has 0 aromatic heterocycles. The van der Waals surface area contributed by atoms with E-state index in [1.165, 1.54) is 0 Å². The molecule has 6 heteroatoms. The first-order chi connectivity index (χ1) is 9.02. The van der Waals surface area contributed by atoms with Crippen LogP contribution >= 0.6 is 31.9 Å². The number of benzene rings is 1. The summed E-state index contributed by atoms with van der Waals surface area (Å²) in [6.45, 7) is 2.74. The molecule has 1 aliphatic heterocycles. The van der Waals surface area contributed by atoms with Crippen molar-refractivity contribution in [3.63, 3.8) is 0 Å². The summed E-state index contributed by atoms with van der Waals surface area (Å²) in [7, 11) is 0. The molecule has 0 radical (unpaired) electrons. The molecule has 1 aliphatic rings. The Morgan fingerprint density at radius 1 is 1.53 bits per heavy atom. The SMILES string of the molecule is CCOC(=O)c1ccc(N2CC(Br)CC2=O)c(Br)c1. The molecule has 1 heterocycles. The summed E-state index contributed by atoms with van der Waals surface area (Å²) in [4.78, 5) is 25.3. The summed E-state index contributed by atoms with van der Waals surface area (Å²) in [5.74, 6) is -0.285. The van der Waals surface area contributed by atoms with Gasteiger partial charge in [0.15, 0.2) is 0 Å². The monoisotopic (exact) mass is 389 g/mol. The van der Waals surface area contributed by atoms with E-state index in [0.29, 0.717) is 29.6 Å². The molecule has 1 aromatic carbocycles. The molecule has 1 atom stereocenters. The zero-order valence-electron chi connectivity index (χ0n) is 10.4. The summed E-state index contributed by atoms with van der Waals surface area (Å²) in [6, 6.07) is 5.12. The molecule has 0 spiro atoms. The highest BCUT2D eigenvalue weighted by molar-refractivity contribution is 9.10. The lowest BCUT2D eigenvalue weighted by atomic mass is 10.2. The number of rotatable bonds is 3. The van der Waals surface area contributed by atoms with Crippen molar-refractivity contribution in [1.29, 1.82) is 0 Å². The highest BCUT2D eigenvalue weighted by Gasteiger charge is 2.30. The van der Waals surface area contributed by atoms with Gasteiger partial charge in [-0.1, -0.05) is 15.9 Å². The van der Waals surface area contributed by atoms with Crippen LogP contribution in [0.2, 0.25) is 0 Å². The zero-order valence-corrected chi connectivity index (χ0v) is 13.5. The minimum atomic E-state index is -0.360. The number of nitrogens with zero attached hydrogens (tertiary/aromatic N) is 1. The molecule has 0 saturated carbocycles. The number of anilines is 1. The van der Waals surface area contributed by atoms with Gasteiger partial charge in [0.1, 0.15) is 0 Å². The Bertz CT molecular complexity index is 519. The molecule has 4 nitrogen and oxygen atoms in total. The molecule has 1 saturated heterocycles. The maximum atomic E-state index is 11.8. The van der Waals surface area contributed by atoms with Crippen LogP contribution in [0.4, 0.5) is 5.69 Å². The van der Waals surface area contributed by atoms with Crippen LogP contribution in [0.3, 0.4) is 0 Å². The molecular formula is C13H13Br2NO3. The fraction of sp³-hybridized carbons (Fsp3) is 0.385. The van der Waals surface area contributed by atoms with E-state index in [1.54, 1.807) is 30.0 Å². The second kappa shape index (κ2) is 6.05. The third-order valence-electron chi connectivity index (χ3n) is 2.83. The van der Waals surface area contributed by atoms with Gasteiger partial charge in [-0.05, 0) is 41.1 Å². The standard InChI is InChI=1S/C13H13Br2NO3/c1-2-19-13(18)8-3-4-11(10(15)5-8)16-7-9(14)6-12(16)17/h3-5,9H,2,6-7H2,1H3. The van der Waals surface area contributed by atoms with E-state index in [0.717, 1.165) is 5.69 Å². The van der Waals surface area contributed by atoms with Gasteiger partial charge < -0.3 is 9.64 Å². The second-order valence-electron chi connectivity index (χ2n) is 4.19. The summed E-state index contributed by atoms with van der Waals surface area (Å²) < 4.78 is 5.65. The van der Waals surface area contributed by atoms with Gasteiger partial charge in [-0.2, -0.15) is 0 Å². The molecule has 1 fully saturated rings. The van der Waals surface area contributed by atoms with Crippen LogP contribution in [0.15, 0.2) is 22.7 Å². The highest BCUT2D eigenvalue weighted by Crippen LogP contribution is 2.32. The van der Waals surface area contributed by atoms with Crippen molar-refractivity contribution in [1.82, 2.24) is 0 Å². The lowest BCUT2D eigenvalue weighted by Gasteiger charge is -2.18. The normalized spacial score (nSPS) is 18.8. The van der Waals surface area contributed by atoms with Crippen molar-refractivity contribution < 1.29 is 14.3 Å². The number of esters is 1. The van der Waals surface area contributed by atoms with E-state index in [2.05, 4.69) is 31.9 Å². The molecular weight excluding hydrogens is 378 g/mol. The van der Waals surface area contributed by atoms with E-state index in [9.17, 15) is 9.59 Å². The van der Waals surface area contributed by atoms with Crippen LogP contribution in [0.25, 0.3) is 0 Å². The molecule has 19 heavy (non-hydrogen) atoms. The first kappa shape index (κ1) is 14.5. The average molecular weight is 391 g/mol. The maximum absolute atomic E-state index is 11.8. The van der Waals surface area contributed by atoms with E-state index >= 15 is 0 Å². The molecule has 1 amide bonds. The first-order valence-corrected chi connectivity index (χ1v) is 7.65. The van der Waals surface area contributed by atoms with Crippen LogP contribution < -0.4 is 4.90 Å². The number of carbonyl (C=O) groups excluding carboxylic acids is 2. The predicted octanol–water partition coefficient (Wildman–Crippen LogP) is 3.13. The lowest BCUT2D eigenvalue weighted by Crippen LogP contribution is -2.25. The Morgan fingerprint density at radius 2 is 2.26 bits per heavy atom. The molecule has 0 N–H and O–H groups in total. The lowest BCUT2D eigenvalue weighted by molar-refractivity contribution is -0.117. The minimum Gasteiger partial charge on any atom is -0.462 e. The number of halogens is 2. The van der Waals surface area contributed by atoms with Crippen molar-refractivity contribution in [3.05, 3.63) is 28.2 Å². The largest absolute Gasteiger partial charge is 0.462 e. The Morgan fingerprint density at radius 3 is 2.79 bits per heavy atom. The molecule has 102 valence electrons. The van der Waals surface area contributed by atoms with Crippen LogP contribution in [-0.4, -0.2) is 29.9 Å². The zero-order chi connectivity index (χ0) is 14.0. The Balaban J connectivity index is 2.25. The average Bonchev–Trinajstić information content (AvgIpc) is 2.68. The highest BCUT2D eigenvalue weighted by atomic mass is 79.9. The number of ether oxygens (including phenoxy) is 1. The van der Waals surface area contributed by atoms with Crippen LogP contribution in [-0.2, 0) is 9.53 Å².